The molecule has 0 atom stereocenters. The minimum Gasteiger partial charge on any atom is -0.508 e. The molecule has 3 aromatic heterocycles. The van der Waals surface area contributed by atoms with Crippen LogP contribution in [0.5, 0.6) is 5.75 Å². The number of ether oxygens (including phenoxy) is 1. The number of phenolic OH excluding ortho intramolecular Hbond substituents is 1. The highest BCUT2D eigenvalue weighted by Gasteiger charge is 2.15. The molecular formula is C21H24N4O2S. The Labute approximate surface area is 167 Å². The van der Waals surface area contributed by atoms with Crippen LogP contribution in [-0.2, 0) is 4.74 Å². The predicted octanol–water partition coefficient (Wildman–Crippen LogP) is 4.85. The van der Waals surface area contributed by atoms with Crippen LogP contribution < -0.4 is 5.32 Å². The van der Waals surface area contributed by atoms with Gasteiger partial charge in [0.25, 0.3) is 0 Å². The van der Waals surface area contributed by atoms with Gasteiger partial charge in [-0.1, -0.05) is 25.5 Å². The first kappa shape index (κ1) is 18.7. The van der Waals surface area contributed by atoms with Crippen LogP contribution in [0.25, 0.3) is 26.4 Å². The van der Waals surface area contributed by atoms with Gasteiger partial charge in [-0.2, -0.15) is 0 Å². The van der Waals surface area contributed by atoms with Gasteiger partial charge in [-0.05, 0) is 37.1 Å². The number of fused-ring (bicyclic) bond motifs is 3. The van der Waals surface area contributed by atoms with Gasteiger partial charge < -0.3 is 15.2 Å². The molecule has 4 rings (SSSR count). The maximum atomic E-state index is 9.80. The Hall–Kier alpha value is -2.64. The summed E-state index contributed by atoms with van der Waals surface area (Å²) in [6.07, 6.45) is 4.09. The van der Waals surface area contributed by atoms with E-state index < -0.39 is 0 Å². The van der Waals surface area contributed by atoms with Crippen LogP contribution in [0.2, 0.25) is 0 Å². The van der Waals surface area contributed by atoms with Crippen molar-refractivity contribution in [2.45, 2.75) is 26.7 Å². The highest BCUT2D eigenvalue weighted by Crippen LogP contribution is 2.36. The standard InChI is InChI=1S/C21H24N4O2S/c1-3-4-9-27-10-8-22-19-20-23-13-14(2)25(20)21-17(24-19)12-18(28-21)15-6-5-7-16(26)11-15/h5-7,11-13,26H,3-4,8-10H2,1-2H3,(H,22,24). The lowest BCUT2D eigenvalue weighted by Gasteiger charge is -2.09. The van der Waals surface area contributed by atoms with Gasteiger partial charge in [0.15, 0.2) is 11.5 Å². The lowest BCUT2D eigenvalue weighted by molar-refractivity contribution is 0.141. The highest BCUT2D eigenvalue weighted by molar-refractivity contribution is 7.21. The highest BCUT2D eigenvalue weighted by atomic mass is 32.1. The molecule has 0 aliphatic rings. The molecule has 0 unspecified atom stereocenters. The van der Waals surface area contributed by atoms with Crippen LogP contribution in [-0.4, -0.2) is 39.2 Å². The second-order valence-corrected chi connectivity index (χ2v) is 7.79. The van der Waals surface area contributed by atoms with Crippen molar-refractivity contribution in [3.63, 3.8) is 0 Å². The van der Waals surface area contributed by atoms with Gasteiger partial charge in [-0.15, -0.1) is 11.3 Å². The number of phenols is 1. The van der Waals surface area contributed by atoms with Crippen molar-refractivity contribution >= 4 is 33.1 Å². The predicted molar refractivity (Wildman–Crippen MR) is 114 cm³/mol. The van der Waals surface area contributed by atoms with E-state index in [9.17, 15) is 5.11 Å². The number of anilines is 1. The van der Waals surface area contributed by atoms with Crippen LogP contribution >= 0.6 is 11.3 Å². The fraction of sp³-hybridized carbons (Fsp3) is 0.333. The zero-order valence-electron chi connectivity index (χ0n) is 16.1. The number of aryl methyl sites for hydroxylation is 1. The third-order valence-corrected chi connectivity index (χ3v) is 5.75. The van der Waals surface area contributed by atoms with Crippen molar-refractivity contribution in [1.82, 2.24) is 14.4 Å². The minimum atomic E-state index is 0.261. The number of unbranched alkanes of at least 4 members (excludes halogenated alkanes) is 1. The van der Waals surface area contributed by atoms with Gasteiger partial charge in [0.05, 0.1) is 6.61 Å². The Bertz CT molecular complexity index is 1100. The van der Waals surface area contributed by atoms with Crippen molar-refractivity contribution < 1.29 is 9.84 Å². The molecule has 6 nitrogen and oxygen atoms in total. The van der Waals surface area contributed by atoms with Gasteiger partial charge in [0.2, 0.25) is 0 Å². The van der Waals surface area contributed by atoms with E-state index in [4.69, 9.17) is 9.72 Å². The second kappa shape index (κ2) is 8.16. The normalized spacial score (nSPS) is 11.5. The second-order valence-electron chi connectivity index (χ2n) is 6.76. The fourth-order valence-electron chi connectivity index (χ4n) is 3.15. The number of hydrogen-bond donors (Lipinski definition) is 2. The Morgan fingerprint density at radius 3 is 2.96 bits per heavy atom. The molecule has 146 valence electrons. The van der Waals surface area contributed by atoms with Gasteiger partial charge in [-0.3, -0.25) is 4.40 Å². The number of nitrogens with one attached hydrogen (secondary N) is 1. The molecule has 2 N–H and O–H groups in total. The smallest absolute Gasteiger partial charge is 0.181 e. The third kappa shape index (κ3) is 3.68. The zero-order chi connectivity index (χ0) is 19.5. The average Bonchev–Trinajstić information content (AvgIpc) is 3.28. The van der Waals surface area contributed by atoms with Crippen LogP contribution in [0.3, 0.4) is 0 Å². The maximum Gasteiger partial charge on any atom is 0.181 e. The largest absolute Gasteiger partial charge is 0.508 e. The first-order valence-corrected chi connectivity index (χ1v) is 10.4. The molecule has 7 heteroatoms. The van der Waals surface area contributed by atoms with Crippen molar-refractivity contribution in [3.8, 4) is 16.2 Å². The van der Waals surface area contributed by atoms with Gasteiger partial charge in [-0.25, -0.2) is 9.97 Å². The fourth-order valence-corrected chi connectivity index (χ4v) is 4.31. The summed E-state index contributed by atoms with van der Waals surface area (Å²) in [5.41, 5.74) is 3.77. The third-order valence-electron chi connectivity index (χ3n) is 4.59. The van der Waals surface area contributed by atoms with Crippen molar-refractivity contribution in [2.75, 3.05) is 25.1 Å². The maximum absolute atomic E-state index is 9.80. The number of rotatable bonds is 8. The summed E-state index contributed by atoms with van der Waals surface area (Å²) in [7, 11) is 0. The van der Waals surface area contributed by atoms with Gasteiger partial charge in [0.1, 0.15) is 16.1 Å². The Kier molecular flexibility index (Phi) is 5.45. The molecule has 0 fully saturated rings. The molecule has 4 aromatic rings. The summed E-state index contributed by atoms with van der Waals surface area (Å²) in [4.78, 5) is 11.5. The van der Waals surface area contributed by atoms with E-state index in [2.05, 4.69) is 27.7 Å². The molecule has 0 radical (unpaired) electrons. The van der Waals surface area contributed by atoms with E-state index in [0.29, 0.717) is 13.2 Å². The van der Waals surface area contributed by atoms with Crippen molar-refractivity contribution in [3.05, 3.63) is 42.2 Å². The molecule has 0 aliphatic carbocycles. The Morgan fingerprint density at radius 2 is 2.14 bits per heavy atom. The molecule has 0 bridgehead atoms. The first-order valence-electron chi connectivity index (χ1n) is 9.56. The molecule has 0 saturated carbocycles. The van der Waals surface area contributed by atoms with E-state index in [1.165, 1.54) is 0 Å². The SMILES string of the molecule is CCCCOCCNc1nc2cc(-c3cccc(O)c3)sc2n2c(C)cnc12. The summed E-state index contributed by atoms with van der Waals surface area (Å²) < 4.78 is 7.77. The monoisotopic (exact) mass is 396 g/mol. The number of benzene rings is 1. The van der Waals surface area contributed by atoms with Crippen LogP contribution in [0.15, 0.2) is 36.5 Å². The van der Waals surface area contributed by atoms with Crippen molar-refractivity contribution in [2.24, 2.45) is 0 Å². The lowest BCUT2D eigenvalue weighted by Crippen LogP contribution is -2.12. The molecule has 1 aromatic carbocycles. The lowest BCUT2D eigenvalue weighted by atomic mass is 10.2. The molecule has 3 heterocycles. The van der Waals surface area contributed by atoms with E-state index in [0.717, 1.165) is 57.4 Å². The number of thiophene rings is 1. The van der Waals surface area contributed by atoms with Crippen LogP contribution in [0, 0.1) is 6.92 Å². The van der Waals surface area contributed by atoms with Crippen LogP contribution in [0.4, 0.5) is 5.82 Å². The topological polar surface area (TPSA) is 71.7 Å². The van der Waals surface area contributed by atoms with Crippen molar-refractivity contribution in [1.29, 1.82) is 0 Å². The first-order chi connectivity index (χ1) is 13.7. The molecule has 0 saturated heterocycles. The number of aromatic hydroxyl groups is 1. The zero-order valence-corrected chi connectivity index (χ0v) is 16.9. The summed E-state index contributed by atoms with van der Waals surface area (Å²) in [6.45, 7) is 6.33. The van der Waals surface area contributed by atoms with Gasteiger partial charge in [0, 0.05) is 29.9 Å². The van der Waals surface area contributed by atoms with E-state index in [1.54, 1.807) is 23.5 Å². The summed E-state index contributed by atoms with van der Waals surface area (Å²) in [5.74, 6) is 1.03. The number of aromatic nitrogens is 3. The Balaban J connectivity index is 1.67. The summed E-state index contributed by atoms with van der Waals surface area (Å²) in [5, 5.41) is 13.2. The number of hydrogen-bond acceptors (Lipinski definition) is 6. The molecule has 0 amide bonds. The molecule has 0 spiro atoms. The van der Waals surface area contributed by atoms with E-state index in [-0.39, 0.29) is 5.75 Å². The van der Waals surface area contributed by atoms with E-state index >= 15 is 0 Å². The number of imidazole rings is 1. The quantitative estimate of drug-likeness (QED) is 0.417. The average molecular weight is 397 g/mol. The molecule has 0 aliphatic heterocycles. The summed E-state index contributed by atoms with van der Waals surface area (Å²) >= 11 is 1.65. The minimum absolute atomic E-state index is 0.261. The number of nitrogens with zero attached hydrogens (tertiary/aromatic N) is 3. The Morgan fingerprint density at radius 1 is 1.25 bits per heavy atom. The van der Waals surface area contributed by atoms with Crippen LogP contribution in [0.1, 0.15) is 25.5 Å². The van der Waals surface area contributed by atoms with Gasteiger partial charge >= 0.3 is 0 Å². The molecule has 28 heavy (non-hydrogen) atoms. The molecular weight excluding hydrogens is 372 g/mol. The summed E-state index contributed by atoms with van der Waals surface area (Å²) in [6, 6.07) is 9.37. The van der Waals surface area contributed by atoms with E-state index in [1.807, 2.05) is 25.3 Å².